The molecule has 0 saturated heterocycles. The maximum Gasteiger partial charge on any atom is 0.229 e. The zero-order chi connectivity index (χ0) is 25.3. The molecule has 4 aromatic rings. The highest BCUT2D eigenvalue weighted by molar-refractivity contribution is 5.83. The number of benzene rings is 1. The summed E-state index contributed by atoms with van der Waals surface area (Å²) in [5.41, 5.74) is 3.02. The Labute approximate surface area is 204 Å². The van der Waals surface area contributed by atoms with Crippen molar-refractivity contribution in [2.75, 3.05) is 11.9 Å². The third-order valence-electron chi connectivity index (χ3n) is 5.73. The minimum atomic E-state index is -0.637. The number of fused-ring (bicyclic) bond motifs is 2. The van der Waals surface area contributed by atoms with Crippen molar-refractivity contribution in [1.29, 1.82) is 0 Å². The van der Waals surface area contributed by atoms with Crippen molar-refractivity contribution in [3.63, 3.8) is 0 Å². The van der Waals surface area contributed by atoms with Crippen LogP contribution in [0, 0.1) is 18.6 Å². The van der Waals surface area contributed by atoms with Crippen molar-refractivity contribution in [2.24, 2.45) is 0 Å². The van der Waals surface area contributed by atoms with Gasteiger partial charge in [-0.3, -0.25) is 0 Å². The Balaban J connectivity index is 0.00000141. The number of aromatic nitrogens is 5. The molecule has 0 atom stereocenters. The molecule has 7 nitrogen and oxygen atoms in total. The van der Waals surface area contributed by atoms with Crippen LogP contribution in [0.1, 0.15) is 51.7 Å². The van der Waals surface area contributed by atoms with Gasteiger partial charge in [-0.2, -0.15) is 0 Å². The molecule has 0 amide bonds. The Kier molecular flexibility index (Phi) is 6.80. The standard InChI is InChI=1S/C24H25F2N7.C2H6/c1-13-29-22-16(25)9-15(10-19(22)33(13)24(2,3)4)21-17(26)12-28-23(32-21)31-20-6-5-14-11-27-8-7-18(14)30-20;1-2/h5-6,9-10,12,27H,7-8,11H2,1-4H3,(H,28,30,31,32);1-2H3. The van der Waals surface area contributed by atoms with Crippen LogP contribution >= 0.6 is 0 Å². The minimum absolute atomic E-state index is 0.00905. The highest BCUT2D eigenvalue weighted by Crippen LogP contribution is 2.32. The molecule has 0 spiro atoms. The molecule has 2 N–H and O–H groups in total. The lowest BCUT2D eigenvalue weighted by molar-refractivity contribution is 0.399. The fraction of sp³-hybridized carbons (Fsp3) is 0.385. The van der Waals surface area contributed by atoms with Gasteiger partial charge in [0.2, 0.25) is 5.95 Å². The number of anilines is 2. The van der Waals surface area contributed by atoms with Crippen LogP contribution in [0.2, 0.25) is 0 Å². The number of nitrogens with one attached hydrogen (secondary N) is 2. The summed E-state index contributed by atoms with van der Waals surface area (Å²) in [6, 6.07) is 6.83. The molecule has 4 heterocycles. The van der Waals surface area contributed by atoms with E-state index in [-0.39, 0.29) is 22.7 Å². The Bertz CT molecular complexity index is 1370. The Hall–Kier alpha value is -3.46. The lowest BCUT2D eigenvalue weighted by atomic mass is 10.1. The Morgan fingerprint density at radius 3 is 2.54 bits per heavy atom. The van der Waals surface area contributed by atoms with Gasteiger partial charge < -0.3 is 15.2 Å². The van der Waals surface area contributed by atoms with Gasteiger partial charge >= 0.3 is 0 Å². The van der Waals surface area contributed by atoms with Gasteiger partial charge in [0.25, 0.3) is 0 Å². The Morgan fingerprint density at radius 2 is 1.80 bits per heavy atom. The van der Waals surface area contributed by atoms with Crippen LogP contribution in [0.5, 0.6) is 0 Å². The van der Waals surface area contributed by atoms with E-state index < -0.39 is 11.6 Å². The van der Waals surface area contributed by atoms with E-state index in [2.05, 4.69) is 30.6 Å². The maximum atomic E-state index is 15.0. The number of halogens is 2. The van der Waals surface area contributed by atoms with E-state index >= 15 is 0 Å². The summed E-state index contributed by atoms with van der Waals surface area (Å²) in [6.07, 6.45) is 1.92. The molecule has 1 aliphatic rings. The van der Waals surface area contributed by atoms with Crippen LogP contribution in [-0.2, 0) is 18.5 Å². The van der Waals surface area contributed by atoms with E-state index in [1.54, 1.807) is 6.07 Å². The summed E-state index contributed by atoms with van der Waals surface area (Å²) >= 11 is 0. The highest BCUT2D eigenvalue weighted by Gasteiger charge is 2.23. The largest absolute Gasteiger partial charge is 0.323 e. The van der Waals surface area contributed by atoms with E-state index in [0.29, 0.717) is 22.7 Å². The fourth-order valence-corrected chi connectivity index (χ4v) is 4.39. The third kappa shape index (κ3) is 4.86. The molecule has 9 heteroatoms. The summed E-state index contributed by atoms with van der Waals surface area (Å²) in [6.45, 7) is 13.5. The highest BCUT2D eigenvalue weighted by atomic mass is 19.1. The molecule has 184 valence electrons. The number of pyridine rings is 1. The number of hydrogen-bond acceptors (Lipinski definition) is 6. The molecule has 3 aromatic heterocycles. The van der Waals surface area contributed by atoms with E-state index in [1.165, 1.54) is 6.07 Å². The van der Waals surface area contributed by atoms with Crippen LogP contribution < -0.4 is 10.6 Å². The monoisotopic (exact) mass is 479 g/mol. The normalized spacial score (nSPS) is 13.3. The quantitative estimate of drug-likeness (QED) is 0.396. The maximum absolute atomic E-state index is 15.0. The van der Waals surface area contributed by atoms with Gasteiger partial charge in [0, 0.05) is 36.3 Å². The van der Waals surface area contributed by atoms with Crippen LogP contribution in [0.3, 0.4) is 0 Å². The first-order chi connectivity index (χ1) is 16.7. The van der Waals surface area contributed by atoms with Gasteiger partial charge in [0.15, 0.2) is 11.6 Å². The molecule has 0 bridgehead atoms. The predicted molar refractivity (Wildman–Crippen MR) is 135 cm³/mol. The molecule has 35 heavy (non-hydrogen) atoms. The number of imidazole rings is 1. The van der Waals surface area contributed by atoms with Crippen molar-refractivity contribution in [3.8, 4) is 11.3 Å². The van der Waals surface area contributed by atoms with Gasteiger partial charge in [-0.15, -0.1) is 0 Å². The number of nitrogens with zero attached hydrogens (tertiary/aromatic N) is 5. The molecule has 5 rings (SSSR count). The zero-order valence-corrected chi connectivity index (χ0v) is 21.0. The SMILES string of the molecule is CC.Cc1nc2c(F)cc(-c3nc(Nc4ccc5c(n4)CCNC5)ncc3F)cc2n1C(C)(C)C. The van der Waals surface area contributed by atoms with Crippen molar-refractivity contribution < 1.29 is 8.78 Å². The summed E-state index contributed by atoms with van der Waals surface area (Å²) in [5.74, 6) is 0.297. The van der Waals surface area contributed by atoms with Gasteiger partial charge in [-0.1, -0.05) is 19.9 Å². The van der Waals surface area contributed by atoms with Gasteiger partial charge in [-0.05, 0) is 51.5 Å². The van der Waals surface area contributed by atoms with Crippen molar-refractivity contribution in [2.45, 2.75) is 60.0 Å². The molecule has 0 fully saturated rings. The summed E-state index contributed by atoms with van der Waals surface area (Å²) < 4.78 is 31.7. The molecule has 0 saturated carbocycles. The molecular formula is C26H31F2N7. The average molecular weight is 480 g/mol. The van der Waals surface area contributed by atoms with E-state index in [0.717, 1.165) is 37.0 Å². The average Bonchev–Trinajstić information content (AvgIpc) is 3.18. The number of hydrogen-bond donors (Lipinski definition) is 2. The van der Waals surface area contributed by atoms with Crippen molar-refractivity contribution >= 4 is 22.8 Å². The second-order valence-corrected chi connectivity index (χ2v) is 9.24. The van der Waals surface area contributed by atoms with Gasteiger partial charge in [0.05, 0.1) is 11.7 Å². The predicted octanol–water partition coefficient (Wildman–Crippen LogP) is 5.65. The number of rotatable bonds is 3. The lowest BCUT2D eigenvalue weighted by Gasteiger charge is -2.24. The molecule has 0 unspecified atom stereocenters. The number of aryl methyl sites for hydroxylation is 1. The first kappa shape index (κ1) is 24.7. The van der Waals surface area contributed by atoms with E-state index in [4.69, 9.17) is 0 Å². The molecule has 0 radical (unpaired) electrons. The molecule has 1 aromatic carbocycles. The summed E-state index contributed by atoms with van der Waals surface area (Å²) in [7, 11) is 0. The van der Waals surface area contributed by atoms with Crippen LogP contribution in [0.4, 0.5) is 20.5 Å². The fourth-order valence-electron chi connectivity index (χ4n) is 4.39. The molecule has 0 aliphatic carbocycles. The van der Waals surface area contributed by atoms with E-state index in [1.807, 2.05) is 58.2 Å². The van der Waals surface area contributed by atoms with Crippen molar-refractivity contribution in [1.82, 2.24) is 29.8 Å². The topological polar surface area (TPSA) is 80.6 Å². The first-order valence-corrected chi connectivity index (χ1v) is 11.9. The van der Waals surface area contributed by atoms with Crippen LogP contribution in [0.15, 0.2) is 30.5 Å². The lowest BCUT2D eigenvalue weighted by Crippen LogP contribution is -2.24. The second kappa shape index (κ2) is 9.65. The smallest absolute Gasteiger partial charge is 0.229 e. The van der Waals surface area contributed by atoms with E-state index in [9.17, 15) is 8.78 Å². The molecule has 1 aliphatic heterocycles. The van der Waals surface area contributed by atoms with Gasteiger partial charge in [-0.25, -0.2) is 28.7 Å². The second-order valence-electron chi connectivity index (χ2n) is 9.24. The van der Waals surface area contributed by atoms with Crippen molar-refractivity contribution in [3.05, 3.63) is 59.2 Å². The van der Waals surface area contributed by atoms with Crippen LogP contribution in [-0.4, -0.2) is 31.0 Å². The first-order valence-electron chi connectivity index (χ1n) is 11.9. The summed E-state index contributed by atoms with van der Waals surface area (Å²) in [4.78, 5) is 17.4. The van der Waals surface area contributed by atoms with Gasteiger partial charge in [0.1, 0.15) is 22.9 Å². The summed E-state index contributed by atoms with van der Waals surface area (Å²) in [5, 5.41) is 6.36. The Morgan fingerprint density at radius 1 is 1.03 bits per heavy atom. The molecular weight excluding hydrogens is 448 g/mol. The zero-order valence-electron chi connectivity index (χ0n) is 21.0. The minimum Gasteiger partial charge on any atom is -0.323 e. The third-order valence-corrected chi connectivity index (χ3v) is 5.73. The van der Waals surface area contributed by atoms with Crippen LogP contribution in [0.25, 0.3) is 22.3 Å².